The molecule has 1 aromatic heterocycles. The molecule has 1 unspecified atom stereocenters. The number of carbonyl (C=O) groups excluding carboxylic acids is 1. The van der Waals surface area contributed by atoms with Crippen LogP contribution >= 0.6 is 27.5 Å². The Balaban J connectivity index is 1.28. The summed E-state index contributed by atoms with van der Waals surface area (Å²) in [7, 11) is 0. The third-order valence-electron chi connectivity index (χ3n) is 6.12. The number of fused-ring (bicyclic) bond motifs is 1. The fourth-order valence-corrected chi connectivity index (χ4v) is 4.87. The Kier molecular flexibility index (Phi) is 6.74. The highest BCUT2D eigenvalue weighted by molar-refractivity contribution is 9.10. The summed E-state index contributed by atoms with van der Waals surface area (Å²) in [6.45, 7) is 0.686. The molecule has 1 aromatic carbocycles. The van der Waals surface area contributed by atoms with Gasteiger partial charge >= 0.3 is 0 Å². The number of anilines is 1. The van der Waals surface area contributed by atoms with Crippen LogP contribution in [0.3, 0.4) is 0 Å². The Morgan fingerprint density at radius 3 is 2.85 bits per heavy atom. The molecule has 5 rings (SSSR count). The zero-order valence-electron chi connectivity index (χ0n) is 18.5. The fraction of sp³-hybridized carbons (Fsp3) is 0.231. The highest BCUT2D eigenvalue weighted by Gasteiger charge is 2.24. The quantitative estimate of drug-likeness (QED) is 0.431. The lowest BCUT2D eigenvalue weighted by molar-refractivity contribution is -0.117. The van der Waals surface area contributed by atoms with E-state index in [-0.39, 0.29) is 11.9 Å². The predicted molar refractivity (Wildman–Crippen MR) is 140 cm³/mol. The largest absolute Gasteiger partial charge is 0.366 e. The Labute approximate surface area is 212 Å². The first-order chi connectivity index (χ1) is 16.6. The minimum atomic E-state index is -0.0808. The van der Waals surface area contributed by atoms with Crippen LogP contribution in [0.1, 0.15) is 37.3 Å². The van der Waals surface area contributed by atoms with E-state index in [1.54, 1.807) is 6.20 Å². The molecule has 3 aliphatic rings. The molecule has 2 aromatic rings. The van der Waals surface area contributed by atoms with Crippen molar-refractivity contribution in [3.63, 3.8) is 0 Å². The molecule has 6 nitrogen and oxygen atoms in total. The summed E-state index contributed by atoms with van der Waals surface area (Å²) in [5.74, 6) is 1.78. The van der Waals surface area contributed by atoms with Crippen LogP contribution in [0.5, 0.6) is 0 Å². The molecule has 0 saturated carbocycles. The van der Waals surface area contributed by atoms with Crippen molar-refractivity contribution in [2.45, 2.75) is 31.7 Å². The van der Waals surface area contributed by atoms with Crippen LogP contribution in [0, 0.1) is 0 Å². The van der Waals surface area contributed by atoms with Gasteiger partial charge in [0.2, 0.25) is 0 Å². The number of hydrogen-bond donors (Lipinski definition) is 3. The van der Waals surface area contributed by atoms with Gasteiger partial charge in [0.15, 0.2) is 0 Å². The molecule has 0 fully saturated rings. The first-order valence-corrected chi connectivity index (χ1v) is 12.5. The van der Waals surface area contributed by atoms with E-state index in [2.05, 4.69) is 55.2 Å². The van der Waals surface area contributed by atoms with Crippen molar-refractivity contribution in [2.24, 2.45) is 0 Å². The van der Waals surface area contributed by atoms with E-state index in [1.807, 2.05) is 47.2 Å². The topological polar surface area (TPSA) is 71.0 Å². The van der Waals surface area contributed by atoms with Gasteiger partial charge < -0.3 is 16.0 Å². The van der Waals surface area contributed by atoms with Gasteiger partial charge in [0, 0.05) is 22.8 Å². The predicted octanol–water partition coefficient (Wildman–Crippen LogP) is 5.85. The lowest BCUT2D eigenvalue weighted by Gasteiger charge is -2.27. The van der Waals surface area contributed by atoms with Crippen molar-refractivity contribution in [3.8, 4) is 0 Å². The van der Waals surface area contributed by atoms with Crippen molar-refractivity contribution >= 4 is 45.1 Å². The van der Waals surface area contributed by atoms with Gasteiger partial charge in [-0.2, -0.15) is 5.10 Å². The lowest BCUT2D eigenvalue weighted by Crippen LogP contribution is -2.29. The van der Waals surface area contributed by atoms with Gasteiger partial charge in [0.25, 0.3) is 5.91 Å². The number of allylic oxidation sites excluding steroid dienone is 6. The molecular formula is C26H25BrClN5O. The first-order valence-electron chi connectivity index (χ1n) is 11.3. The first kappa shape index (κ1) is 22.7. The van der Waals surface area contributed by atoms with Crippen LogP contribution in [0.15, 0.2) is 88.2 Å². The summed E-state index contributed by atoms with van der Waals surface area (Å²) in [5, 5.41) is 15.3. The Morgan fingerprint density at radius 2 is 2.09 bits per heavy atom. The van der Waals surface area contributed by atoms with Crippen molar-refractivity contribution in [3.05, 3.63) is 98.8 Å². The second-order valence-electron chi connectivity index (χ2n) is 8.43. The molecule has 174 valence electrons. The number of nitrogens with zero attached hydrogens (tertiary/aromatic N) is 2. The van der Waals surface area contributed by atoms with Crippen molar-refractivity contribution in [1.82, 2.24) is 20.4 Å². The lowest BCUT2D eigenvalue weighted by atomic mass is 10.0. The summed E-state index contributed by atoms with van der Waals surface area (Å²) in [6.07, 6.45) is 17.3. The summed E-state index contributed by atoms with van der Waals surface area (Å²) in [6, 6.07) is 7.76. The van der Waals surface area contributed by atoms with Gasteiger partial charge in [-0.25, -0.2) is 4.68 Å². The summed E-state index contributed by atoms with van der Waals surface area (Å²) < 4.78 is 2.75. The zero-order chi connectivity index (χ0) is 23.5. The molecule has 1 atom stereocenters. The van der Waals surface area contributed by atoms with Crippen molar-refractivity contribution in [1.29, 1.82) is 0 Å². The van der Waals surface area contributed by atoms with Gasteiger partial charge in [-0.15, -0.1) is 0 Å². The second-order valence-corrected chi connectivity index (χ2v) is 9.69. The zero-order valence-corrected chi connectivity index (χ0v) is 20.9. The maximum absolute atomic E-state index is 12.4. The van der Waals surface area contributed by atoms with Gasteiger partial charge in [0.05, 0.1) is 16.7 Å². The smallest absolute Gasteiger partial charge is 0.251 e. The highest BCUT2D eigenvalue weighted by Crippen LogP contribution is 2.35. The highest BCUT2D eigenvalue weighted by atomic mass is 79.9. The minimum Gasteiger partial charge on any atom is -0.366 e. The number of carbonyl (C=O) groups is 1. The Morgan fingerprint density at radius 1 is 1.21 bits per heavy atom. The van der Waals surface area contributed by atoms with Crippen LogP contribution in [-0.2, 0) is 4.79 Å². The SMILES string of the molecule is O=C(NC1=CC=C(CNC2=CC(c3ccccc3Cl)Nc3c(Br)cnn32)CC1)C1=CC=CCC1. The molecule has 2 heterocycles. The number of nitrogens with one attached hydrogen (secondary N) is 3. The van der Waals surface area contributed by atoms with Crippen molar-refractivity contribution in [2.75, 3.05) is 11.9 Å². The van der Waals surface area contributed by atoms with Crippen LogP contribution in [0.2, 0.25) is 5.02 Å². The molecule has 0 radical (unpaired) electrons. The average molecular weight is 539 g/mol. The molecule has 0 saturated heterocycles. The monoisotopic (exact) mass is 537 g/mol. The van der Waals surface area contributed by atoms with Crippen LogP contribution in [-0.4, -0.2) is 22.2 Å². The van der Waals surface area contributed by atoms with Crippen molar-refractivity contribution < 1.29 is 4.79 Å². The third kappa shape index (κ3) is 4.91. The van der Waals surface area contributed by atoms with E-state index < -0.39 is 0 Å². The average Bonchev–Trinajstić information content (AvgIpc) is 3.25. The number of amides is 1. The normalized spacial score (nSPS) is 19.2. The standard InChI is InChI=1S/C26H25BrClN5O/c27-21-16-30-33-24(14-23(32-25(21)33)20-8-4-5-9-22(20)28)29-15-17-10-12-19(13-11-17)31-26(34)18-6-2-1-3-7-18/h1-2,4-6,8-10,12,14,16,23,29,32H,3,7,11,13,15H2,(H,31,34). The van der Waals surface area contributed by atoms with E-state index >= 15 is 0 Å². The van der Waals surface area contributed by atoms with Crippen LogP contribution in [0.4, 0.5) is 5.82 Å². The minimum absolute atomic E-state index is 0.00726. The Hall–Kier alpha value is -3.03. The number of aromatic nitrogens is 2. The summed E-state index contributed by atoms with van der Waals surface area (Å²) in [4.78, 5) is 12.4. The number of benzene rings is 1. The number of hydrogen-bond acceptors (Lipinski definition) is 4. The van der Waals surface area contributed by atoms with E-state index in [9.17, 15) is 4.79 Å². The molecule has 2 aliphatic carbocycles. The van der Waals surface area contributed by atoms with Crippen LogP contribution in [0.25, 0.3) is 5.82 Å². The third-order valence-corrected chi connectivity index (χ3v) is 7.05. The molecule has 1 aliphatic heterocycles. The maximum atomic E-state index is 12.4. The van der Waals surface area contributed by atoms with Gasteiger partial charge in [-0.05, 0) is 65.4 Å². The molecule has 34 heavy (non-hydrogen) atoms. The number of halogens is 2. The van der Waals surface area contributed by atoms with E-state index in [0.717, 1.165) is 63.7 Å². The van der Waals surface area contributed by atoms with Gasteiger partial charge in [0.1, 0.15) is 11.6 Å². The molecular weight excluding hydrogens is 514 g/mol. The second kappa shape index (κ2) is 10.1. The Bertz CT molecular complexity index is 1270. The molecule has 1 amide bonds. The van der Waals surface area contributed by atoms with Gasteiger partial charge in [-0.3, -0.25) is 4.79 Å². The summed E-state index contributed by atoms with van der Waals surface area (Å²) in [5.41, 5.74) is 4.07. The molecule has 3 N–H and O–H groups in total. The maximum Gasteiger partial charge on any atom is 0.251 e. The van der Waals surface area contributed by atoms with Crippen LogP contribution < -0.4 is 16.0 Å². The van der Waals surface area contributed by atoms with Gasteiger partial charge in [-0.1, -0.05) is 59.7 Å². The molecule has 0 bridgehead atoms. The fourth-order valence-electron chi connectivity index (χ4n) is 4.24. The molecule has 0 spiro atoms. The van der Waals surface area contributed by atoms with E-state index in [4.69, 9.17) is 11.6 Å². The summed E-state index contributed by atoms with van der Waals surface area (Å²) >= 11 is 10.1. The molecule has 8 heteroatoms. The van der Waals surface area contributed by atoms with E-state index in [0.29, 0.717) is 6.54 Å². The van der Waals surface area contributed by atoms with E-state index in [1.165, 1.54) is 5.57 Å². The number of rotatable bonds is 6.